The minimum atomic E-state index is -0.252. The Bertz CT molecular complexity index is 1070. The van der Waals surface area contributed by atoms with Crippen LogP contribution in [0, 0.1) is 20.8 Å². The Kier molecular flexibility index (Phi) is 8.08. The van der Waals surface area contributed by atoms with E-state index in [1.165, 1.54) is 0 Å². The molecule has 2 N–H and O–H groups in total. The third-order valence-corrected chi connectivity index (χ3v) is 5.38. The fourth-order valence-corrected chi connectivity index (χ4v) is 3.80. The summed E-state index contributed by atoms with van der Waals surface area (Å²) in [5.74, 6) is 0.271. The average molecular weight is 446 g/mol. The van der Waals surface area contributed by atoms with Crippen molar-refractivity contribution in [3.63, 3.8) is 0 Å². The van der Waals surface area contributed by atoms with Crippen LogP contribution in [0.25, 0.3) is 0 Å². The number of ether oxygens (including phenoxy) is 1. The molecule has 2 amide bonds. The predicted octanol–water partition coefficient (Wildman–Crippen LogP) is 4.38. The van der Waals surface area contributed by atoms with E-state index in [2.05, 4.69) is 10.6 Å². The van der Waals surface area contributed by atoms with Gasteiger partial charge in [0.1, 0.15) is 5.75 Å². The van der Waals surface area contributed by atoms with Crippen molar-refractivity contribution < 1.29 is 14.3 Å². The number of nitrogens with one attached hydrogen (secondary N) is 2. The first-order chi connectivity index (χ1) is 15.9. The van der Waals surface area contributed by atoms with Crippen LogP contribution in [-0.2, 0) is 16.1 Å². The van der Waals surface area contributed by atoms with Gasteiger partial charge in [-0.25, -0.2) is 0 Å². The fraction of sp³-hybridized carbons (Fsp3) is 0.259. The molecule has 0 saturated carbocycles. The van der Waals surface area contributed by atoms with Gasteiger partial charge in [-0.15, -0.1) is 0 Å². The zero-order valence-corrected chi connectivity index (χ0v) is 19.6. The van der Waals surface area contributed by atoms with Gasteiger partial charge in [0.15, 0.2) is 0 Å². The lowest BCUT2D eigenvalue weighted by atomic mass is 10.1. The van der Waals surface area contributed by atoms with E-state index in [4.69, 9.17) is 4.74 Å². The molecule has 172 valence electrons. The van der Waals surface area contributed by atoms with Crippen molar-refractivity contribution >= 4 is 23.2 Å². The number of carbonyl (C=O) groups excluding carboxylic acids is 2. The smallest absolute Gasteiger partial charge is 0.243 e. The Morgan fingerprint density at radius 3 is 2.12 bits per heavy atom. The van der Waals surface area contributed by atoms with Crippen molar-refractivity contribution in [3.8, 4) is 5.75 Å². The van der Waals surface area contributed by atoms with Crippen LogP contribution in [-0.4, -0.2) is 32.0 Å². The Labute approximate surface area is 195 Å². The van der Waals surface area contributed by atoms with Crippen molar-refractivity contribution in [2.75, 3.05) is 30.4 Å². The van der Waals surface area contributed by atoms with Crippen LogP contribution in [0.3, 0.4) is 0 Å². The predicted molar refractivity (Wildman–Crippen MR) is 133 cm³/mol. The summed E-state index contributed by atoms with van der Waals surface area (Å²) in [5.41, 5.74) is 5.92. The first-order valence-corrected chi connectivity index (χ1v) is 10.9. The van der Waals surface area contributed by atoms with Gasteiger partial charge in [0.25, 0.3) is 0 Å². The van der Waals surface area contributed by atoms with Gasteiger partial charge in [0, 0.05) is 17.9 Å². The SMILES string of the molecule is COc1ccc(N(CC(=O)NCC(=O)Nc2c(C)cc(C)cc2C)Cc2ccccc2)cc1. The molecule has 0 bridgehead atoms. The van der Waals surface area contributed by atoms with Crippen LogP contribution in [0.1, 0.15) is 22.3 Å². The summed E-state index contributed by atoms with van der Waals surface area (Å²) in [7, 11) is 1.62. The van der Waals surface area contributed by atoms with Crippen molar-refractivity contribution in [1.29, 1.82) is 0 Å². The van der Waals surface area contributed by atoms with E-state index >= 15 is 0 Å². The molecule has 3 aromatic rings. The molecule has 0 saturated heterocycles. The molecule has 33 heavy (non-hydrogen) atoms. The van der Waals surface area contributed by atoms with E-state index in [9.17, 15) is 9.59 Å². The van der Waals surface area contributed by atoms with Crippen LogP contribution < -0.4 is 20.3 Å². The van der Waals surface area contributed by atoms with Crippen LogP contribution in [0.4, 0.5) is 11.4 Å². The number of rotatable bonds is 9. The second kappa shape index (κ2) is 11.2. The zero-order chi connectivity index (χ0) is 23.8. The Morgan fingerprint density at radius 1 is 0.879 bits per heavy atom. The molecule has 0 spiro atoms. The molecular weight excluding hydrogens is 414 g/mol. The molecule has 0 heterocycles. The normalized spacial score (nSPS) is 10.4. The molecule has 0 aromatic heterocycles. The molecule has 6 nitrogen and oxygen atoms in total. The highest BCUT2D eigenvalue weighted by atomic mass is 16.5. The Hall–Kier alpha value is -3.80. The molecule has 0 aliphatic carbocycles. The monoisotopic (exact) mass is 445 g/mol. The third-order valence-electron chi connectivity index (χ3n) is 5.38. The number of amides is 2. The first-order valence-electron chi connectivity index (χ1n) is 10.9. The number of methoxy groups -OCH3 is 1. The van der Waals surface area contributed by atoms with E-state index in [1.807, 2.05) is 92.4 Å². The topological polar surface area (TPSA) is 70.7 Å². The van der Waals surface area contributed by atoms with Crippen LogP contribution in [0.15, 0.2) is 66.7 Å². The lowest BCUT2D eigenvalue weighted by molar-refractivity contribution is -0.123. The number of aryl methyl sites for hydroxylation is 3. The quantitative estimate of drug-likeness (QED) is 0.513. The molecule has 0 fully saturated rings. The second-order valence-electron chi connectivity index (χ2n) is 8.14. The average Bonchev–Trinajstić information content (AvgIpc) is 2.80. The summed E-state index contributed by atoms with van der Waals surface area (Å²) < 4.78 is 5.24. The van der Waals surface area contributed by atoms with E-state index in [0.29, 0.717) is 6.54 Å². The van der Waals surface area contributed by atoms with Gasteiger partial charge in [-0.05, 0) is 61.7 Å². The van der Waals surface area contributed by atoms with Crippen molar-refractivity contribution in [2.45, 2.75) is 27.3 Å². The fourth-order valence-electron chi connectivity index (χ4n) is 3.80. The van der Waals surface area contributed by atoms with Gasteiger partial charge in [0.05, 0.1) is 20.2 Å². The van der Waals surface area contributed by atoms with Gasteiger partial charge >= 0.3 is 0 Å². The van der Waals surface area contributed by atoms with Gasteiger partial charge in [-0.1, -0.05) is 48.0 Å². The van der Waals surface area contributed by atoms with Crippen molar-refractivity contribution in [3.05, 3.63) is 89.0 Å². The van der Waals surface area contributed by atoms with Crippen LogP contribution >= 0.6 is 0 Å². The second-order valence-corrected chi connectivity index (χ2v) is 8.14. The van der Waals surface area contributed by atoms with Crippen molar-refractivity contribution in [1.82, 2.24) is 5.32 Å². The number of anilines is 2. The molecule has 3 rings (SSSR count). The number of nitrogens with zero attached hydrogens (tertiary/aromatic N) is 1. The minimum Gasteiger partial charge on any atom is -0.497 e. The third kappa shape index (κ3) is 6.84. The zero-order valence-electron chi connectivity index (χ0n) is 19.6. The summed E-state index contributed by atoms with van der Waals surface area (Å²) in [6.45, 7) is 6.55. The van der Waals surface area contributed by atoms with E-state index < -0.39 is 0 Å². The van der Waals surface area contributed by atoms with E-state index in [-0.39, 0.29) is 24.9 Å². The molecule has 0 aliphatic rings. The molecule has 0 atom stereocenters. The van der Waals surface area contributed by atoms with Crippen LogP contribution in [0.2, 0.25) is 0 Å². The maximum atomic E-state index is 12.7. The maximum absolute atomic E-state index is 12.7. The first kappa shape index (κ1) is 23.9. The lowest BCUT2D eigenvalue weighted by Gasteiger charge is -2.24. The highest BCUT2D eigenvalue weighted by Gasteiger charge is 2.15. The highest BCUT2D eigenvalue weighted by molar-refractivity contribution is 5.96. The molecule has 0 radical (unpaired) electrons. The summed E-state index contributed by atoms with van der Waals surface area (Å²) in [6, 6.07) is 21.6. The number of hydrogen-bond acceptors (Lipinski definition) is 4. The standard InChI is InChI=1S/C27H31N3O3/c1-19-14-20(2)27(21(3)15-19)29-25(31)16-28-26(32)18-30(17-22-8-6-5-7-9-22)23-10-12-24(33-4)13-11-23/h5-15H,16-18H2,1-4H3,(H,28,32)(H,29,31). The van der Waals surface area contributed by atoms with Gasteiger partial charge in [-0.2, -0.15) is 0 Å². The molecule has 6 heteroatoms. The molecule has 0 unspecified atom stereocenters. The minimum absolute atomic E-state index is 0.0899. The lowest BCUT2D eigenvalue weighted by Crippen LogP contribution is -2.40. The molecule has 3 aromatic carbocycles. The molecular formula is C27H31N3O3. The highest BCUT2D eigenvalue weighted by Crippen LogP contribution is 2.22. The molecule has 0 aliphatic heterocycles. The number of benzene rings is 3. The van der Waals surface area contributed by atoms with Gasteiger partial charge in [-0.3, -0.25) is 9.59 Å². The number of hydrogen-bond donors (Lipinski definition) is 2. The Morgan fingerprint density at radius 2 is 1.52 bits per heavy atom. The summed E-state index contributed by atoms with van der Waals surface area (Å²) in [5, 5.41) is 5.66. The number of carbonyl (C=O) groups is 2. The summed E-state index contributed by atoms with van der Waals surface area (Å²) >= 11 is 0. The summed E-state index contributed by atoms with van der Waals surface area (Å²) in [6.07, 6.45) is 0. The van der Waals surface area contributed by atoms with Crippen LogP contribution in [0.5, 0.6) is 5.75 Å². The van der Waals surface area contributed by atoms with Gasteiger partial charge in [0.2, 0.25) is 11.8 Å². The summed E-state index contributed by atoms with van der Waals surface area (Å²) in [4.78, 5) is 27.2. The Balaban J connectivity index is 1.63. The maximum Gasteiger partial charge on any atom is 0.243 e. The van der Waals surface area contributed by atoms with Crippen molar-refractivity contribution in [2.24, 2.45) is 0 Å². The van der Waals surface area contributed by atoms with E-state index in [0.717, 1.165) is 39.4 Å². The van der Waals surface area contributed by atoms with Gasteiger partial charge < -0.3 is 20.3 Å². The largest absolute Gasteiger partial charge is 0.497 e. The van der Waals surface area contributed by atoms with E-state index in [1.54, 1.807) is 7.11 Å².